The zero-order valence-electron chi connectivity index (χ0n) is 14.1. The Balaban J connectivity index is 1.70. The maximum absolute atomic E-state index is 12.1. The number of rotatable bonds is 3. The van der Waals surface area contributed by atoms with Gasteiger partial charge >= 0.3 is 5.69 Å². The van der Waals surface area contributed by atoms with Crippen LogP contribution < -0.4 is 16.6 Å². The molecule has 0 spiro atoms. The Morgan fingerprint density at radius 3 is 2.96 bits per heavy atom. The highest BCUT2D eigenvalue weighted by molar-refractivity contribution is 5.64. The Labute approximate surface area is 144 Å². The quantitative estimate of drug-likeness (QED) is 0.748. The number of hydrogen-bond donors (Lipinski definition) is 2. The van der Waals surface area contributed by atoms with E-state index in [0.717, 1.165) is 18.5 Å². The van der Waals surface area contributed by atoms with E-state index in [1.54, 1.807) is 10.7 Å². The number of nitrogens with zero attached hydrogens (tertiary/aromatic N) is 3. The van der Waals surface area contributed by atoms with Crippen LogP contribution in [0, 0.1) is 5.92 Å². The minimum atomic E-state index is -0.458. The normalized spacial score (nSPS) is 20.8. The number of H-pyrrole nitrogens is 1. The van der Waals surface area contributed by atoms with Gasteiger partial charge in [-0.1, -0.05) is 0 Å². The van der Waals surface area contributed by atoms with Crippen molar-refractivity contribution in [2.45, 2.75) is 32.2 Å². The molecular weight excluding hydrogens is 318 g/mol. The van der Waals surface area contributed by atoms with Crippen LogP contribution in [-0.2, 0) is 6.42 Å². The highest BCUT2D eigenvalue weighted by atomic mass is 16.2. The molecule has 4 heterocycles. The van der Waals surface area contributed by atoms with Crippen molar-refractivity contribution in [2.24, 2.45) is 5.92 Å². The first kappa shape index (κ1) is 15.8. The molecule has 0 radical (unpaired) electrons. The Kier molecular flexibility index (Phi) is 4.01. The lowest BCUT2D eigenvalue weighted by Gasteiger charge is -2.28. The molecule has 0 amide bonds. The summed E-state index contributed by atoms with van der Waals surface area (Å²) >= 11 is 0. The van der Waals surface area contributed by atoms with E-state index in [9.17, 15) is 9.59 Å². The van der Waals surface area contributed by atoms with Gasteiger partial charge in [0, 0.05) is 24.5 Å². The van der Waals surface area contributed by atoms with Gasteiger partial charge in [-0.25, -0.2) is 9.31 Å². The number of fused-ring (bicyclic) bond motifs is 1. The van der Waals surface area contributed by atoms with E-state index < -0.39 is 11.2 Å². The smallest absolute Gasteiger partial charge is 0.314 e. The fraction of sp³-hybridized carbons (Fsp3) is 0.389. The Morgan fingerprint density at radius 1 is 1.28 bits per heavy atom. The van der Waals surface area contributed by atoms with Gasteiger partial charge in [-0.3, -0.25) is 14.3 Å². The monoisotopic (exact) mass is 339 g/mol. The summed E-state index contributed by atoms with van der Waals surface area (Å²) in [6.45, 7) is 3.30. The summed E-state index contributed by atoms with van der Waals surface area (Å²) in [5, 5.41) is 7.80. The lowest BCUT2D eigenvalue weighted by atomic mass is 9.88. The maximum atomic E-state index is 12.1. The van der Waals surface area contributed by atoms with Crippen molar-refractivity contribution in [3.8, 4) is 5.69 Å². The summed E-state index contributed by atoms with van der Waals surface area (Å²) in [5.74, 6) is 0.667. The molecule has 7 heteroatoms. The van der Waals surface area contributed by atoms with Crippen molar-refractivity contribution in [3.05, 3.63) is 63.2 Å². The van der Waals surface area contributed by atoms with Crippen LogP contribution >= 0.6 is 0 Å². The molecule has 3 aromatic rings. The van der Waals surface area contributed by atoms with Crippen molar-refractivity contribution >= 4 is 5.52 Å². The van der Waals surface area contributed by atoms with Crippen molar-refractivity contribution in [2.75, 3.05) is 6.54 Å². The van der Waals surface area contributed by atoms with E-state index in [4.69, 9.17) is 0 Å². The van der Waals surface area contributed by atoms with Crippen molar-refractivity contribution in [1.29, 1.82) is 0 Å². The Hall–Kier alpha value is -2.67. The van der Waals surface area contributed by atoms with Gasteiger partial charge in [-0.2, -0.15) is 5.10 Å². The summed E-state index contributed by atoms with van der Waals surface area (Å²) in [4.78, 5) is 25.7. The number of aromatic nitrogens is 4. The van der Waals surface area contributed by atoms with Gasteiger partial charge in [-0.15, -0.1) is 0 Å². The molecule has 1 fully saturated rings. The van der Waals surface area contributed by atoms with E-state index in [1.807, 2.05) is 6.20 Å². The summed E-state index contributed by atoms with van der Waals surface area (Å²) in [6.07, 6.45) is 8.44. The van der Waals surface area contributed by atoms with Crippen LogP contribution in [0.1, 0.15) is 25.3 Å². The van der Waals surface area contributed by atoms with E-state index in [1.165, 1.54) is 35.2 Å². The Morgan fingerprint density at radius 2 is 2.16 bits per heavy atom. The molecule has 0 aliphatic carbocycles. The standard InChI is InChI=1S/C18H21N5O2/c1-12-8-13(2-5-19-12)9-14-3-7-23-15(10-14)16(11-20-23)22-6-4-17(24)21-18(22)25/h3-4,6-7,10-13,19H,2,5,8-9H2,1H3,(H,21,24,25)/t12-,13+/m0/s1. The molecule has 130 valence electrons. The van der Waals surface area contributed by atoms with Gasteiger partial charge in [0.25, 0.3) is 5.56 Å². The molecule has 7 nitrogen and oxygen atoms in total. The molecule has 25 heavy (non-hydrogen) atoms. The largest absolute Gasteiger partial charge is 0.333 e. The van der Waals surface area contributed by atoms with Crippen molar-refractivity contribution in [1.82, 2.24) is 24.5 Å². The van der Waals surface area contributed by atoms with Crippen LogP contribution in [0.25, 0.3) is 11.2 Å². The van der Waals surface area contributed by atoms with Crippen LogP contribution in [0.2, 0.25) is 0 Å². The second kappa shape index (κ2) is 6.33. The fourth-order valence-corrected chi connectivity index (χ4v) is 3.68. The predicted molar refractivity (Wildman–Crippen MR) is 95.3 cm³/mol. The summed E-state index contributed by atoms with van der Waals surface area (Å²) < 4.78 is 3.17. The van der Waals surface area contributed by atoms with Gasteiger partial charge < -0.3 is 5.32 Å². The van der Waals surface area contributed by atoms with E-state index in [0.29, 0.717) is 17.6 Å². The molecule has 1 saturated heterocycles. The van der Waals surface area contributed by atoms with E-state index >= 15 is 0 Å². The highest BCUT2D eigenvalue weighted by Crippen LogP contribution is 2.23. The third kappa shape index (κ3) is 3.15. The molecule has 2 N–H and O–H groups in total. The van der Waals surface area contributed by atoms with Crippen LogP contribution in [0.5, 0.6) is 0 Å². The summed E-state index contributed by atoms with van der Waals surface area (Å²) in [5.41, 5.74) is 1.90. The minimum Gasteiger partial charge on any atom is -0.314 e. The predicted octanol–water partition coefficient (Wildman–Crippen LogP) is 1.10. The molecule has 4 rings (SSSR count). The third-order valence-corrected chi connectivity index (χ3v) is 4.91. The number of pyridine rings is 1. The van der Waals surface area contributed by atoms with Crippen molar-refractivity contribution < 1.29 is 0 Å². The first-order valence-electron chi connectivity index (χ1n) is 8.62. The molecule has 3 aromatic heterocycles. The fourth-order valence-electron chi connectivity index (χ4n) is 3.68. The van der Waals surface area contributed by atoms with Gasteiger partial charge in [0.2, 0.25) is 0 Å². The molecular formula is C18H21N5O2. The lowest BCUT2D eigenvalue weighted by Crippen LogP contribution is -2.36. The van der Waals surface area contributed by atoms with Gasteiger partial charge in [0.05, 0.1) is 17.4 Å². The summed E-state index contributed by atoms with van der Waals surface area (Å²) in [6, 6.07) is 6.08. The first-order valence-corrected chi connectivity index (χ1v) is 8.62. The van der Waals surface area contributed by atoms with E-state index in [2.05, 4.69) is 34.5 Å². The number of nitrogens with one attached hydrogen (secondary N) is 2. The van der Waals surface area contributed by atoms with Gasteiger partial charge in [0.1, 0.15) is 0 Å². The highest BCUT2D eigenvalue weighted by Gasteiger charge is 2.19. The molecule has 0 bridgehead atoms. The third-order valence-electron chi connectivity index (χ3n) is 4.91. The van der Waals surface area contributed by atoms with Gasteiger partial charge in [-0.05, 0) is 56.3 Å². The number of hydrogen-bond acceptors (Lipinski definition) is 4. The average Bonchev–Trinajstić information content (AvgIpc) is 2.98. The lowest BCUT2D eigenvalue weighted by molar-refractivity contribution is 0.314. The van der Waals surface area contributed by atoms with Crippen LogP contribution in [0.4, 0.5) is 0 Å². The van der Waals surface area contributed by atoms with Crippen molar-refractivity contribution in [3.63, 3.8) is 0 Å². The molecule has 0 saturated carbocycles. The summed E-state index contributed by atoms with van der Waals surface area (Å²) in [7, 11) is 0. The van der Waals surface area contributed by atoms with Crippen LogP contribution in [0.3, 0.4) is 0 Å². The first-order chi connectivity index (χ1) is 12.1. The van der Waals surface area contributed by atoms with Crippen LogP contribution in [-0.4, -0.2) is 31.8 Å². The zero-order valence-corrected chi connectivity index (χ0v) is 14.1. The SMILES string of the molecule is C[C@H]1C[C@H](Cc2ccn3ncc(-n4ccc(=O)[nH]c4=O)c3c2)CCN1. The second-order valence-electron chi connectivity index (χ2n) is 6.82. The zero-order chi connectivity index (χ0) is 17.4. The molecule has 0 aromatic carbocycles. The topological polar surface area (TPSA) is 84.2 Å². The minimum absolute atomic E-state index is 0.404. The molecule has 2 atom stereocenters. The van der Waals surface area contributed by atoms with Crippen LogP contribution in [0.15, 0.2) is 46.4 Å². The maximum Gasteiger partial charge on any atom is 0.333 e. The van der Waals surface area contributed by atoms with E-state index in [-0.39, 0.29) is 0 Å². The molecule has 0 unspecified atom stereocenters. The number of aromatic amines is 1. The Bertz CT molecular complexity index is 1020. The second-order valence-corrected chi connectivity index (χ2v) is 6.82. The molecule has 1 aliphatic heterocycles. The van der Waals surface area contributed by atoms with Gasteiger partial charge in [0.15, 0.2) is 0 Å². The molecule has 1 aliphatic rings. The average molecular weight is 339 g/mol. The number of piperidine rings is 1.